The van der Waals surface area contributed by atoms with Crippen LogP contribution in [0.3, 0.4) is 0 Å². The van der Waals surface area contributed by atoms with Gasteiger partial charge in [-0.3, -0.25) is 4.79 Å². The Morgan fingerprint density at radius 3 is 2.71 bits per heavy atom. The van der Waals surface area contributed by atoms with Crippen LogP contribution in [-0.2, 0) is 4.79 Å². The van der Waals surface area contributed by atoms with Gasteiger partial charge in [0.15, 0.2) is 0 Å². The zero-order valence-corrected chi connectivity index (χ0v) is 15.8. The number of hydrogen-bond acceptors (Lipinski definition) is 5. The average molecular weight is 406 g/mol. The molecule has 1 fully saturated rings. The van der Waals surface area contributed by atoms with Crippen molar-refractivity contribution in [1.82, 2.24) is 14.9 Å². The van der Waals surface area contributed by atoms with Crippen molar-refractivity contribution in [3.63, 3.8) is 0 Å². The lowest BCUT2D eigenvalue weighted by molar-refractivity contribution is -0.157. The number of fused-ring (bicyclic) bond motifs is 1. The highest BCUT2D eigenvalue weighted by Crippen LogP contribution is 2.37. The van der Waals surface area contributed by atoms with Crippen LogP contribution in [0.15, 0.2) is 35.7 Å². The van der Waals surface area contributed by atoms with E-state index in [1.165, 1.54) is 11.3 Å². The van der Waals surface area contributed by atoms with E-state index in [2.05, 4.69) is 15.3 Å². The van der Waals surface area contributed by atoms with Gasteiger partial charge in [0.2, 0.25) is 5.91 Å². The number of likely N-dealkylation sites (tertiary alicyclic amines) is 1. The normalized spacial score (nSPS) is 17.5. The summed E-state index contributed by atoms with van der Waals surface area (Å²) < 4.78 is 38.0. The van der Waals surface area contributed by atoms with Crippen LogP contribution < -0.4 is 5.32 Å². The highest BCUT2D eigenvalue weighted by Gasteiger charge is 2.39. The van der Waals surface area contributed by atoms with Gasteiger partial charge in [0.05, 0.1) is 5.39 Å². The Morgan fingerprint density at radius 2 is 2.00 bits per heavy atom. The number of benzene rings is 1. The molecule has 2 aromatic heterocycles. The highest BCUT2D eigenvalue weighted by molar-refractivity contribution is 7.17. The summed E-state index contributed by atoms with van der Waals surface area (Å²) in [5.74, 6) is 0.460. The Morgan fingerprint density at radius 1 is 1.25 bits per heavy atom. The summed E-state index contributed by atoms with van der Waals surface area (Å²) in [6, 6.07) is 8.98. The van der Waals surface area contributed by atoms with Crippen LogP contribution in [0.1, 0.15) is 12.2 Å². The van der Waals surface area contributed by atoms with Gasteiger partial charge in [-0.2, -0.15) is 13.2 Å². The second kappa shape index (κ2) is 7.05. The van der Waals surface area contributed by atoms with Crippen LogP contribution >= 0.6 is 11.3 Å². The molecule has 3 heterocycles. The van der Waals surface area contributed by atoms with Crippen molar-refractivity contribution in [1.29, 1.82) is 0 Å². The van der Waals surface area contributed by atoms with Gasteiger partial charge in [0.1, 0.15) is 29.1 Å². The summed E-state index contributed by atoms with van der Waals surface area (Å²) in [5.41, 5.74) is 1.92. The molecule has 0 saturated carbocycles. The minimum absolute atomic E-state index is 0.0679. The molecule has 0 spiro atoms. The molecule has 1 N–H and O–H groups in total. The molecule has 0 bridgehead atoms. The van der Waals surface area contributed by atoms with Crippen molar-refractivity contribution in [2.24, 2.45) is 0 Å². The van der Waals surface area contributed by atoms with Gasteiger partial charge in [-0.25, -0.2) is 9.97 Å². The lowest BCUT2D eigenvalue weighted by Gasteiger charge is -2.19. The Labute approximate surface area is 163 Å². The Balaban J connectivity index is 1.68. The van der Waals surface area contributed by atoms with E-state index >= 15 is 0 Å². The first-order valence-electron chi connectivity index (χ1n) is 8.75. The maximum absolute atomic E-state index is 12.7. The first-order chi connectivity index (χ1) is 13.3. The number of thiophene rings is 1. The first kappa shape index (κ1) is 18.7. The van der Waals surface area contributed by atoms with E-state index in [0.717, 1.165) is 26.2 Å². The van der Waals surface area contributed by atoms with Gasteiger partial charge in [-0.1, -0.05) is 30.3 Å². The van der Waals surface area contributed by atoms with Crippen LogP contribution in [0.4, 0.5) is 19.0 Å². The van der Waals surface area contributed by atoms with Crippen LogP contribution in [0.5, 0.6) is 0 Å². The molecule has 28 heavy (non-hydrogen) atoms. The molecule has 4 rings (SSSR count). The highest BCUT2D eigenvalue weighted by atomic mass is 32.1. The lowest BCUT2D eigenvalue weighted by atomic mass is 10.1. The average Bonchev–Trinajstić information content (AvgIpc) is 3.20. The summed E-state index contributed by atoms with van der Waals surface area (Å²) in [4.78, 5) is 22.9. The summed E-state index contributed by atoms with van der Waals surface area (Å²) in [6.45, 7) is 0.591. The molecule has 0 radical (unpaired) electrons. The van der Waals surface area contributed by atoms with E-state index in [1.807, 2.05) is 35.7 Å². The number of nitrogens with zero attached hydrogens (tertiary/aromatic N) is 3. The van der Waals surface area contributed by atoms with Crippen molar-refractivity contribution < 1.29 is 18.0 Å². The third-order valence-electron chi connectivity index (χ3n) is 4.61. The van der Waals surface area contributed by atoms with Gasteiger partial charge >= 0.3 is 6.18 Å². The number of carbonyl (C=O) groups excluding carboxylic acids is 1. The van der Waals surface area contributed by atoms with Crippen LogP contribution in [0.2, 0.25) is 0 Å². The number of alkyl halides is 3. The van der Waals surface area contributed by atoms with E-state index in [0.29, 0.717) is 18.1 Å². The number of aryl methyl sites for hydroxylation is 1. The number of carbonyl (C=O) groups is 1. The van der Waals surface area contributed by atoms with Gasteiger partial charge in [-0.15, -0.1) is 11.3 Å². The molecule has 1 aliphatic rings. The summed E-state index contributed by atoms with van der Waals surface area (Å²) in [6.07, 6.45) is -4.11. The zero-order valence-electron chi connectivity index (χ0n) is 15.0. The van der Waals surface area contributed by atoms with Gasteiger partial charge in [-0.05, 0) is 18.9 Å². The number of halogens is 3. The second-order valence-corrected chi connectivity index (χ2v) is 7.53. The monoisotopic (exact) mass is 406 g/mol. The molecule has 0 aliphatic carbocycles. The molecule has 5 nitrogen and oxygen atoms in total. The largest absolute Gasteiger partial charge is 0.406 e. The standard InChI is InChI=1S/C19H17F3N4OS/c1-11-23-16(25-14-7-8-26(18(14)27)10-19(20,21)22)15-13(9-28-17(15)24-11)12-5-3-2-4-6-12/h2-6,9,14H,7-8,10H2,1H3,(H,23,24,25). The molecule has 1 atom stereocenters. The molecule has 3 aromatic rings. The minimum Gasteiger partial charge on any atom is -0.358 e. The predicted octanol–water partition coefficient (Wildman–Crippen LogP) is 4.24. The summed E-state index contributed by atoms with van der Waals surface area (Å²) >= 11 is 1.47. The van der Waals surface area contributed by atoms with E-state index in [4.69, 9.17) is 0 Å². The fourth-order valence-electron chi connectivity index (χ4n) is 3.39. The van der Waals surface area contributed by atoms with Gasteiger partial charge < -0.3 is 10.2 Å². The number of aromatic nitrogens is 2. The Bertz CT molecular complexity index is 1020. The second-order valence-electron chi connectivity index (χ2n) is 6.68. The molecule has 1 amide bonds. The molecular weight excluding hydrogens is 389 g/mol. The van der Waals surface area contributed by atoms with Crippen molar-refractivity contribution >= 4 is 33.3 Å². The van der Waals surface area contributed by atoms with E-state index in [-0.39, 0.29) is 6.54 Å². The SMILES string of the molecule is Cc1nc(NC2CCN(CC(F)(F)F)C2=O)c2c(-c3ccccc3)csc2n1. The van der Waals surface area contributed by atoms with Crippen molar-refractivity contribution in [3.8, 4) is 11.1 Å². The number of nitrogens with one attached hydrogen (secondary N) is 1. The molecular formula is C19H17F3N4OS. The summed E-state index contributed by atoms with van der Waals surface area (Å²) in [7, 11) is 0. The van der Waals surface area contributed by atoms with Crippen molar-refractivity contribution in [2.45, 2.75) is 25.6 Å². The van der Waals surface area contributed by atoms with E-state index < -0.39 is 24.7 Å². The third kappa shape index (κ3) is 3.66. The van der Waals surface area contributed by atoms with E-state index in [1.54, 1.807) is 6.92 Å². The fourth-order valence-corrected chi connectivity index (χ4v) is 4.39. The topological polar surface area (TPSA) is 58.1 Å². The molecule has 1 saturated heterocycles. The molecule has 1 unspecified atom stereocenters. The summed E-state index contributed by atoms with van der Waals surface area (Å²) in [5, 5.41) is 5.84. The Kier molecular flexibility index (Phi) is 4.70. The first-order valence-corrected chi connectivity index (χ1v) is 9.63. The lowest BCUT2D eigenvalue weighted by Crippen LogP contribution is -2.39. The predicted molar refractivity (Wildman–Crippen MR) is 102 cm³/mol. The number of rotatable bonds is 4. The van der Waals surface area contributed by atoms with Gasteiger partial charge in [0, 0.05) is 17.5 Å². The maximum Gasteiger partial charge on any atom is 0.406 e. The maximum atomic E-state index is 12.7. The van der Waals surface area contributed by atoms with Crippen molar-refractivity contribution in [3.05, 3.63) is 41.5 Å². The fraction of sp³-hybridized carbons (Fsp3) is 0.316. The third-order valence-corrected chi connectivity index (χ3v) is 5.48. The van der Waals surface area contributed by atoms with Gasteiger partial charge in [0.25, 0.3) is 0 Å². The smallest absolute Gasteiger partial charge is 0.358 e. The number of anilines is 1. The zero-order chi connectivity index (χ0) is 19.9. The van der Waals surface area contributed by atoms with Crippen molar-refractivity contribution in [2.75, 3.05) is 18.4 Å². The number of hydrogen-bond donors (Lipinski definition) is 1. The molecule has 146 valence electrons. The van der Waals surface area contributed by atoms with Crippen LogP contribution in [0, 0.1) is 6.92 Å². The quantitative estimate of drug-likeness (QED) is 0.704. The van der Waals surface area contributed by atoms with Crippen LogP contribution in [0.25, 0.3) is 21.3 Å². The van der Waals surface area contributed by atoms with E-state index in [9.17, 15) is 18.0 Å². The minimum atomic E-state index is -4.41. The molecule has 1 aromatic carbocycles. The molecule has 1 aliphatic heterocycles. The molecule has 9 heteroatoms. The Hall–Kier alpha value is -2.68. The van der Waals surface area contributed by atoms with Crippen LogP contribution in [-0.4, -0.2) is 46.1 Å². The number of amides is 1.